The molecular weight excluding hydrogens is 259 g/mol. The van der Waals surface area contributed by atoms with Crippen molar-refractivity contribution in [2.24, 2.45) is 0 Å². The van der Waals surface area contributed by atoms with E-state index in [0.29, 0.717) is 0 Å². The molecule has 0 amide bonds. The Kier molecular flexibility index (Phi) is 4.27. The lowest BCUT2D eigenvalue weighted by molar-refractivity contribution is 0.220. The summed E-state index contributed by atoms with van der Waals surface area (Å²) in [6.45, 7) is 10.0. The molecule has 0 aliphatic carbocycles. The molecule has 4 nitrogen and oxygen atoms in total. The fraction of sp³-hybridized carbons (Fsp3) is 1.00. The summed E-state index contributed by atoms with van der Waals surface area (Å²) in [5.74, 6) is 0. The van der Waals surface area contributed by atoms with Gasteiger partial charge in [-0.15, -0.1) is 0 Å². The second-order valence-electron chi connectivity index (χ2n) is 7.67. The molecule has 0 aromatic carbocycles. The van der Waals surface area contributed by atoms with Crippen LogP contribution in [0.25, 0.3) is 0 Å². The lowest BCUT2D eigenvalue weighted by atomic mass is 9.64. The Morgan fingerprint density at radius 3 is 0.714 bits per heavy atom. The van der Waals surface area contributed by atoms with E-state index in [0.717, 1.165) is 0 Å². The van der Waals surface area contributed by atoms with Gasteiger partial charge in [-0.05, 0) is 104 Å². The fourth-order valence-electron chi connectivity index (χ4n) is 5.74. The average Bonchev–Trinajstić information content (AvgIpc) is 3.32. The fourth-order valence-corrected chi connectivity index (χ4v) is 5.74. The van der Waals surface area contributed by atoms with Crippen molar-refractivity contribution in [2.45, 2.75) is 51.4 Å². The predicted octanol–water partition coefficient (Wildman–Crippen LogP) is 1.81. The number of hydrogen-bond acceptors (Lipinski definition) is 4. The van der Waals surface area contributed by atoms with Crippen molar-refractivity contribution in [2.75, 3.05) is 52.4 Å². The van der Waals surface area contributed by atoms with Crippen molar-refractivity contribution in [3.05, 3.63) is 0 Å². The van der Waals surface area contributed by atoms with Crippen LogP contribution in [-0.2, 0) is 0 Å². The first-order valence-electron chi connectivity index (χ1n) is 9.56. The zero-order valence-electron chi connectivity index (χ0n) is 13.7. The van der Waals surface area contributed by atoms with Gasteiger partial charge < -0.3 is 19.2 Å². The number of hydrogen-bond donors (Lipinski definition) is 0. The highest BCUT2D eigenvalue weighted by atomic mass is 15.5. The Hall–Kier alpha value is -0.0951. The summed E-state index contributed by atoms with van der Waals surface area (Å²) in [5.41, 5.74) is 0. The first-order chi connectivity index (χ1) is 10.4. The second kappa shape index (κ2) is 6.19. The third-order valence-electron chi connectivity index (χ3n) is 6.52. The molecule has 0 aromatic heterocycles. The maximum Gasteiger partial charge on any atom is 0.276 e. The van der Waals surface area contributed by atoms with Gasteiger partial charge in [-0.3, -0.25) is 0 Å². The van der Waals surface area contributed by atoms with E-state index in [9.17, 15) is 0 Å². The molecule has 4 aliphatic heterocycles. The van der Waals surface area contributed by atoms with Crippen molar-refractivity contribution in [3.63, 3.8) is 0 Å². The van der Waals surface area contributed by atoms with E-state index in [2.05, 4.69) is 19.2 Å². The van der Waals surface area contributed by atoms with E-state index in [1.54, 1.807) is 0 Å². The number of nitrogens with zero attached hydrogens (tertiary/aromatic N) is 4. The smallest absolute Gasteiger partial charge is 0.276 e. The van der Waals surface area contributed by atoms with Crippen LogP contribution in [0.5, 0.6) is 0 Å². The molecule has 0 aromatic rings. The minimum absolute atomic E-state index is 0.694. The van der Waals surface area contributed by atoms with Gasteiger partial charge in [0.25, 0.3) is 6.69 Å². The van der Waals surface area contributed by atoms with Crippen LogP contribution in [0.1, 0.15) is 51.4 Å². The molecule has 4 aliphatic rings. The molecule has 21 heavy (non-hydrogen) atoms. The molecule has 4 heterocycles. The van der Waals surface area contributed by atoms with Gasteiger partial charge in [0.2, 0.25) is 0 Å². The summed E-state index contributed by atoms with van der Waals surface area (Å²) in [6.07, 6.45) is 11.3. The predicted molar refractivity (Wildman–Crippen MR) is 89.0 cm³/mol. The van der Waals surface area contributed by atoms with Crippen molar-refractivity contribution >= 4 is 6.69 Å². The molecule has 120 valence electrons. The normalized spacial score (nSPS) is 30.9. The molecular formula is C16H32BN4-. The molecule has 0 saturated carbocycles. The summed E-state index contributed by atoms with van der Waals surface area (Å²) in [5, 5.41) is 0. The molecule has 0 spiro atoms. The lowest BCUT2D eigenvalue weighted by Crippen LogP contribution is -2.81. The Morgan fingerprint density at radius 1 is 0.333 bits per heavy atom. The molecule has 0 unspecified atom stereocenters. The van der Waals surface area contributed by atoms with Crippen LogP contribution >= 0.6 is 0 Å². The van der Waals surface area contributed by atoms with Gasteiger partial charge >= 0.3 is 0 Å². The Labute approximate surface area is 130 Å². The minimum Gasteiger partial charge on any atom is -0.434 e. The van der Waals surface area contributed by atoms with E-state index in [1.165, 1.54) is 104 Å². The third kappa shape index (κ3) is 2.37. The molecule has 4 saturated heterocycles. The average molecular weight is 291 g/mol. The highest BCUT2D eigenvalue weighted by molar-refractivity contribution is 6.69. The van der Waals surface area contributed by atoms with Gasteiger partial charge in [0.05, 0.1) is 0 Å². The van der Waals surface area contributed by atoms with Gasteiger partial charge in [0, 0.05) is 0 Å². The Bertz CT molecular complexity index is 271. The quantitative estimate of drug-likeness (QED) is 0.732. The van der Waals surface area contributed by atoms with E-state index < -0.39 is 6.69 Å². The summed E-state index contributed by atoms with van der Waals surface area (Å²) in [7, 11) is 0. The van der Waals surface area contributed by atoms with E-state index in [4.69, 9.17) is 0 Å². The van der Waals surface area contributed by atoms with E-state index in [1.807, 2.05) is 0 Å². The van der Waals surface area contributed by atoms with Gasteiger partial charge in [-0.1, -0.05) is 0 Å². The molecule has 5 heteroatoms. The maximum atomic E-state index is 2.92. The van der Waals surface area contributed by atoms with Crippen LogP contribution in [-0.4, -0.2) is 78.3 Å². The van der Waals surface area contributed by atoms with Crippen LogP contribution < -0.4 is 0 Å². The summed E-state index contributed by atoms with van der Waals surface area (Å²) >= 11 is 0. The Morgan fingerprint density at radius 2 is 0.524 bits per heavy atom. The molecule has 0 atom stereocenters. The largest absolute Gasteiger partial charge is 0.434 e. The van der Waals surface area contributed by atoms with Gasteiger partial charge in [-0.25, -0.2) is 0 Å². The van der Waals surface area contributed by atoms with Crippen LogP contribution in [0.15, 0.2) is 0 Å². The zero-order chi connectivity index (χ0) is 14.1. The molecule has 4 fully saturated rings. The highest BCUT2D eigenvalue weighted by Crippen LogP contribution is 2.35. The van der Waals surface area contributed by atoms with E-state index in [-0.39, 0.29) is 0 Å². The van der Waals surface area contributed by atoms with Crippen LogP contribution in [0.4, 0.5) is 0 Å². The van der Waals surface area contributed by atoms with Crippen molar-refractivity contribution in [3.8, 4) is 0 Å². The zero-order valence-corrected chi connectivity index (χ0v) is 13.7. The SMILES string of the molecule is C1CCN([B-](N2CCCC2)(N2CCCC2)N2CCCC2)C1. The topological polar surface area (TPSA) is 13.0 Å². The number of rotatable bonds is 4. The summed E-state index contributed by atoms with van der Waals surface area (Å²) < 4.78 is 0. The third-order valence-corrected chi connectivity index (χ3v) is 6.52. The minimum atomic E-state index is -0.694. The van der Waals surface area contributed by atoms with Crippen molar-refractivity contribution < 1.29 is 0 Å². The summed E-state index contributed by atoms with van der Waals surface area (Å²) in [6, 6.07) is 0. The monoisotopic (exact) mass is 291 g/mol. The van der Waals surface area contributed by atoms with Crippen LogP contribution in [0.2, 0.25) is 0 Å². The van der Waals surface area contributed by atoms with Gasteiger partial charge in [-0.2, -0.15) is 0 Å². The molecule has 0 N–H and O–H groups in total. The maximum absolute atomic E-state index is 2.92. The highest BCUT2D eigenvalue weighted by Gasteiger charge is 2.48. The van der Waals surface area contributed by atoms with Gasteiger partial charge in [0.15, 0.2) is 0 Å². The second-order valence-corrected chi connectivity index (χ2v) is 7.67. The van der Waals surface area contributed by atoms with Crippen molar-refractivity contribution in [1.29, 1.82) is 0 Å². The Balaban J connectivity index is 1.71. The first-order valence-corrected chi connectivity index (χ1v) is 9.56. The standard InChI is InChI=1S/C16H32BN4/c1-2-10-18(9-1)17(19-11-3-4-12-19,20-13-5-6-14-20)21-15-7-8-16-21/h1-16H2/q-1. The molecule has 0 radical (unpaired) electrons. The van der Waals surface area contributed by atoms with Crippen molar-refractivity contribution in [1.82, 2.24) is 19.2 Å². The van der Waals surface area contributed by atoms with Crippen LogP contribution in [0, 0.1) is 0 Å². The molecule has 0 bridgehead atoms. The first kappa shape index (κ1) is 14.5. The lowest BCUT2D eigenvalue weighted by Gasteiger charge is -2.65. The van der Waals surface area contributed by atoms with Gasteiger partial charge in [0.1, 0.15) is 0 Å². The summed E-state index contributed by atoms with van der Waals surface area (Å²) in [4.78, 5) is 11.7. The van der Waals surface area contributed by atoms with E-state index >= 15 is 0 Å². The van der Waals surface area contributed by atoms with Crippen LogP contribution in [0.3, 0.4) is 0 Å². The molecule has 4 rings (SSSR count).